The maximum Gasteiger partial charge on any atom is 0.280 e. The molecule has 2 aromatic carbocycles. The summed E-state index contributed by atoms with van der Waals surface area (Å²) in [4.78, 5) is 27.5. The van der Waals surface area contributed by atoms with E-state index in [1.165, 1.54) is 30.1 Å². The maximum absolute atomic E-state index is 14.3. The zero-order valence-electron chi connectivity index (χ0n) is 16.5. The van der Waals surface area contributed by atoms with E-state index in [1.54, 1.807) is 12.1 Å². The van der Waals surface area contributed by atoms with Crippen LogP contribution in [0.25, 0.3) is 10.1 Å². The van der Waals surface area contributed by atoms with Crippen molar-refractivity contribution >= 4 is 38.9 Å². The third-order valence-corrected chi connectivity index (χ3v) is 6.31. The topological polar surface area (TPSA) is 70.7 Å². The SMILES string of the molecule is COCc1c(C(=O)NNC(=O)CN2CCCc3ccccc32)sc2cccc(F)c12. The van der Waals surface area contributed by atoms with Crippen molar-refractivity contribution < 1.29 is 18.7 Å². The highest BCUT2D eigenvalue weighted by molar-refractivity contribution is 7.21. The first-order valence-electron chi connectivity index (χ1n) is 9.69. The molecule has 1 aliphatic heterocycles. The van der Waals surface area contributed by atoms with Gasteiger partial charge >= 0.3 is 0 Å². The van der Waals surface area contributed by atoms with Gasteiger partial charge in [0.2, 0.25) is 0 Å². The van der Waals surface area contributed by atoms with Crippen molar-refractivity contribution in [3.63, 3.8) is 0 Å². The van der Waals surface area contributed by atoms with Crippen LogP contribution >= 0.6 is 11.3 Å². The summed E-state index contributed by atoms with van der Waals surface area (Å²) in [5, 5.41) is 0.380. The number of hydrazine groups is 1. The largest absolute Gasteiger partial charge is 0.380 e. The molecule has 3 aromatic rings. The van der Waals surface area contributed by atoms with E-state index in [0.29, 0.717) is 20.5 Å². The van der Waals surface area contributed by atoms with E-state index in [4.69, 9.17) is 4.74 Å². The molecule has 0 saturated heterocycles. The summed E-state index contributed by atoms with van der Waals surface area (Å²) in [7, 11) is 1.49. The number of anilines is 1. The average molecular weight is 428 g/mol. The second-order valence-electron chi connectivity index (χ2n) is 7.11. The van der Waals surface area contributed by atoms with Crippen LogP contribution in [0, 0.1) is 5.82 Å². The number of amides is 2. The number of thiophene rings is 1. The lowest BCUT2D eigenvalue weighted by atomic mass is 10.0. The van der Waals surface area contributed by atoms with Crippen molar-refractivity contribution in [2.75, 3.05) is 25.1 Å². The van der Waals surface area contributed by atoms with Gasteiger partial charge in [-0.05, 0) is 36.6 Å². The Hall–Kier alpha value is -2.97. The summed E-state index contributed by atoms with van der Waals surface area (Å²) in [5.74, 6) is -1.21. The van der Waals surface area contributed by atoms with Crippen LogP contribution in [-0.2, 0) is 22.6 Å². The third kappa shape index (κ3) is 4.01. The number of hydrogen-bond acceptors (Lipinski definition) is 5. The van der Waals surface area contributed by atoms with Gasteiger partial charge in [-0.2, -0.15) is 0 Å². The molecule has 0 fully saturated rings. The molecule has 30 heavy (non-hydrogen) atoms. The molecule has 156 valence electrons. The first-order chi connectivity index (χ1) is 14.6. The lowest BCUT2D eigenvalue weighted by molar-refractivity contribution is -0.120. The molecule has 0 aliphatic carbocycles. The molecule has 0 unspecified atom stereocenters. The number of fused-ring (bicyclic) bond motifs is 2. The van der Waals surface area contributed by atoms with Crippen LogP contribution in [0.1, 0.15) is 27.2 Å². The van der Waals surface area contributed by atoms with Gasteiger partial charge in [-0.15, -0.1) is 11.3 Å². The molecule has 0 bridgehead atoms. The Labute approximate surface area is 177 Å². The van der Waals surface area contributed by atoms with Crippen molar-refractivity contribution in [1.82, 2.24) is 10.9 Å². The minimum atomic E-state index is -0.491. The molecule has 1 aromatic heterocycles. The number of nitrogens with one attached hydrogen (secondary N) is 2. The van der Waals surface area contributed by atoms with E-state index in [0.717, 1.165) is 25.1 Å². The van der Waals surface area contributed by atoms with Gasteiger partial charge in [0.15, 0.2) is 0 Å². The lowest BCUT2D eigenvalue weighted by Crippen LogP contribution is -2.47. The molecule has 2 amide bonds. The number of nitrogens with zero attached hydrogens (tertiary/aromatic N) is 1. The van der Waals surface area contributed by atoms with Crippen LogP contribution in [0.5, 0.6) is 0 Å². The molecular formula is C22H22FN3O3S. The number of benzene rings is 2. The minimum Gasteiger partial charge on any atom is -0.380 e. The predicted octanol–water partition coefficient (Wildman–Crippen LogP) is 3.40. The number of ether oxygens (including phenoxy) is 1. The molecular weight excluding hydrogens is 405 g/mol. The van der Waals surface area contributed by atoms with Gasteiger partial charge in [0, 0.05) is 35.0 Å². The monoisotopic (exact) mass is 427 g/mol. The second-order valence-corrected chi connectivity index (χ2v) is 8.16. The fourth-order valence-corrected chi connectivity index (χ4v) is 4.92. The smallest absolute Gasteiger partial charge is 0.280 e. The van der Waals surface area contributed by atoms with Gasteiger partial charge in [-0.3, -0.25) is 20.4 Å². The molecule has 0 atom stereocenters. The van der Waals surface area contributed by atoms with E-state index in [9.17, 15) is 14.0 Å². The predicted molar refractivity (Wildman–Crippen MR) is 115 cm³/mol. The number of methoxy groups -OCH3 is 1. The van der Waals surface area contributed by atoms with Gasteiger partial charge < -0.3 is 9.64 Å². The van der Waals surface area contributed by atoms with E-state index in [2.05, 4.69) is 16.9 Å². The maximum atomic E-state index is 14.3. The fourth-order valence-electron chi connectivity index (χ4n) is 3.80. The summed E-state index contributed by atoms with van der Waals surface area (Å²) in [6, 6.07) is 12.7. The molecule has 0 spiro atoms. The van der Waals surface area contributed by atoms with Crippen LogP contribution in [0.3, 0.4) is 0 Å². The van der Waals surface area contributed by atoms with Crippen LogP contribution in [0.15, 0.2) is 42.5 Å². The molecule has 1 aliphatic rings. The summed E-state index contributed by atoms with van der Waals surface area (Å²) >= 11 is 1.17. The Balaban J connectivity index is 1.45. The van der Waals surface area contributed by atoms with Gasteiger partial charge in [0.25, 0.3) is 11.8 Å². The van der Waals surface area contributed by atoms with Crippen LogP contribution in [0.4, 0.5) is 10.1 Å². The molecule has 4 rings (SSSR count). The van der Waals surface area contributed by atoms with E-state index < -0.39 is 11.7 Å². The number of rotatable bonds is 5. The number of carbonyl (C=O) groups is 2. The molecule has 8 heteroatoms. The van der Waals surface area contributed by atoms with Crippen molar-refractivity contribution in [3.05, 3.63) is 64.3 Å². The number of carbonyl (C=O) groups excluding carboxylic acids is 2. The van der Waals surface area contributed by atoms with E-state index in [1.807, 2.05) is 23.1 Å². The fraction of sp³-hybridized carbons (Fsp3) is 0.273. The lowest BCUT2D eigenvalue weighted by Gasteiger charge is -2.30. The van der Waals surface area contributed by atoms with Gasteiger partial charge in [-0.1, -0.05) is 24.3 Å². The molecule has 6 nitrogen and oxygen atoms in total. The molecule has 0 radical (unpaired) electrons. The van der Waals surface area contributed by atoms with Crippen molar-refractivity contribution in [2.45, 2.75) is 19.4 Å². The highest BCUT2D eigenvalue weighted by Gasteiger charge is 2.22. The van der Waals surface area contributed by atoms with Gasteiger partial charge in [0.05, 0.1) is 13.2 Å². The van der Waals surface area contributed by atoms with Gasteiger partial charge in [-0.25, -0.2) is 4.39 Å². The first kappa shape index (κ1) is 20.3. The first-order valence-corrected chi connectivity index (χ1v) is 10.5. The Morgan fingerprint density at radius 2 is 2.00 bits per heavy atom. The van der Waals surface area contributed by atoms with Crippen molar-refractivity contribution in [3.8, 4) is 0 Å². The standard InChI is InChI=1S/C22H22FN3O3S/c1-29-13-15-20-16(23)8-4-10-18(20)30-21(15)22(28)25-24-19(27)12-26-11-5-7-14-6-2-3-9-17(14)26/h2-4,6,8-10H,5,7,11-13H2,1H3,(H,24,27)(H,25,28). The summed E-state index contributed by atoms with van der Waals surface area (Å²) < 4.78 is 20.1. The normalized spacial score (nSPS) is 13.2. The Morgan fingerprint density at radius 1 is 1.17 bits per heavy atom. The summed E-state index contributed by atoms with van der Waals surface area (Å²) in [6.45, 7) is 1.03. The number of para-hydroxylation sites is 1. The van der Waals surface area contributed by atoms with Crippen LogP contribution in [-0.4, -0.2) is 32.0 Å². The second kappa shape index (κ2) is 8.81. The zero-order valence-corrected chi connectivity index (χ0v) is 17.4. The summed E-state index contributed by atoms with van der Waals surface area (Å²) in [5.41, 5.74) is 7.69. The highest BCUT2D eigenvalue weighted by Crippen LogP contribution is 2.33. The summed E-state index contributed by atoms with van der Waals surface area (Å²) in [6.07, 6.45) is 1.97. The number of aryl methyl sites for hydroxylation is 1. The third-order valence-electron chi connectivity index (χ3n) is 5.11. The minimum absolute atomic E-state index is 0.0994. The van der Waals surface area contributed by atoms with Gasteiger partial charge in [0.1, 0.15) is 10.7 Å². The zero-order chi connectivity index (χ0) is 21.1. The van der Waals surface area contributed by atoms with Crippen LogP contribution in [0.2, 0.25) is 0 Å². The van der Waals surface area contributed by atoms with Crippen molar-refractivity contribution in [2.24, 2.45) is 0 Å². The van der Waals surface area contributed by atoms with E-state index in [-0.39, 0.29) is 19.1 Å². The Kier molecular flexibility index (Phi) is 5.96. The molecule has 0 saturated carbocycles. The Morgan fingerprint density at radius 3 is 2.83 bits per heavy atom. The Bertz CT molecular complexity index is 1100. The quantitative estimate of drug-likeness (QED) is 0.613. The number of halogens is 1. The van der Waals surface area contributed by atoms with Crippen molar-refractivity contribution in [1.29, 1.82) is 0 Å². The molecule has 2 heterocycles. The number of hydrogen-bond donors (Lipinski definition) is 2. The average Bonchev–Trinajstić information content (AvgIpc) is 3.12. The molecule has 2 N–H and O–H groups in total. The van der Waals surface area contributed by atoms with E-state index >= 15 is 0 Å². The highest BCUT2D eigenvalue weighted by atomic mass is 32.1. The van der Waals surface area contributed by atoms with Crippen LogP contribution < -0.4 is 15.8 Å².